The van der Waals surface area contributed by atoms with Crippen molar-refractivity contribution in [1.82, 2.24) is 10.2 Å². The maximum atomic E-state index is 12.7. The molecule has 2 rings (SSSR count). The first kappa shape index (κ1) is 22.2. The molecule has 1 aliphatic heterocycles. The quantitative estimate of drug-likeness (QED) is 0.455. The highest BCUT2D eigenvalue weighted by Crippen LogP contribution is 2.28. The number of carbonyl (C=O) groups excluding carboxylic acids is 4. The standard InChI is InChI=1S/C20H27N3O6/c1-4-10-20(11-5-2)18(26)23(19(27)22-20)12-17(25)29-13-16(24)21-14-6-8-15(28-3)9-7-14/h6-9H,4-5,10-13H2,1-3H3,(H,21,24)(H,22,27). The third-order valence-corrected chi connectivity index (χ3v) is 4.62. The van der Waals surface area contributed by atoms with Gasteiger partial charge in [0.05, 0.1) is 7.11 Å². The molecule has 0 unspecified atom stereocenters. The maximum Gasteiger partial charge on any atom is 0.326 e. The van der Waals surface area contributed by atoms with E-state index in [1.54, 1.807) is 24.3 Å². The molecule has 0 saturated carbocycles. The van der Waals surface area contributed by atoms with Crippen molar-refractivity contribution < 1.29 is 28.7 Å². The smallest absolute Gasteiger partial charge is 0.326 e. The van der Waals surface area contributed by atoms with Crippen molar-refractivity contribution in [2.24, 2.45) is 0 Å². The molecule has 1 fully saturated rings. The van der Waals surface area contributed by atoms with Crippen LogP contribution < -0.4 is 15.4 Å². The lowest BCUT2D eigenvalue weighted by Crippen LogP contribution is -2.47. The van der Waals surface area contributed by atoms with Gasteiger partial charge < -0.3 is 20.1 Å². The first-order chi connectivity index (χ1) is 13.8. The molecule has 2 N–H and O–H groups in total. The molecular weight excluding hydrogens is 378 g/mol. The van der Waals surface area contributed by atoms with Crippen LogP contribution in [-0.2, 0) is 19.1 Å². The maximum absolute atomic E-state index is 12.7. The van der Waals surface area contributed by atoms with Crippen molar-refractivity contribution in [2.75, 3.05) is 25.6 Å². The SMILES string of the molecule is CCCC1(CCC)NC(=O)N(CC(=O)OCC(=O)Nc2ccc(OC)cc2)C1=O. The fraction of sp³-hybridized carbons (Fsp3) is 0.500. The summed E-state index contributed by atoms with van der Waals surface area (Å²) in [5.41, 5.74) is -0.447. The van der Waals surface area contributed by atoms with Crippen LogP contribution in [0.25, 0.3) is 0 Å². The Morgan fingerprint density at radius 1 is 1.10 bits per heavy atom. The van der Waals surface area contributed by atoms with Crippen molar-refractivity contribution in [3.8, 4) is 5.75 Å². The summed E-state index contributed by atoms with van der Waals surface area (Å²) in [7, 11) is 1.53. The van der Waals surface area contributed by atoms with Gasteiger partial charge in [-0.3, -0.25) is 19.3 Å². The lowest BCUT2D eigenvalue weighted by atomic mass is 9.88. The summed E-state index contributed by atoms with van der Waals surface area (Å²) < 4.78 is 9.95. The molecule has 1 aliphatic rings. The average Bonchev–Trinajstić information content (AvgIpc) is 2.92. The number of hydrogen-bond donors (Lipinski definition) is 2. The fourth-order valence-corrected chi connectivity index (χ4v) is 3.33. The Bertz CT molecular complexity index is 756. The first-order valence-corrected chi connectivity index (χ1v) is 9.58. The first-order valence-electron chi connectivity index (χ1n) is 9.58. The molecule has 0 atom stereocenters. The van der Waals surface area contributed by atoms with Crippen LogP contribution in [0.5, 0.6) is 5.75 Å². The Balaban J connectivity index is 1.87. The second-order valence-corrected chi connectivity index (χ2v) is 6.84. The van der Waals surface area contributed by atoms with Crippen LogP contribution in [0.4, 0.5) is 10.5 Å². The van der Waals surface area contributed by atoms with Gasteiger partial charge in [-0.2, -0.15) is 0 Å². The summed E-state index contributed by atoms with van der Waals surface area (Å²) in [6, 6.07) is 6.03. The molecular formula is C20H27N3O6. The molecule has 1 aromatic carbocycles. The zero-order chi connectivity index (χ0) is 21.4. The number of nitrogens with zero attached hydrogens (tertiary/aromatic N) is 1. The fourth-order valence-electron chi connectivity index (χ4n) is 3.33. The van der Waals surface area contributed by atoms with Gasteiger partial charge in [-0.25, -0.2) is 4.79 Å². The number of carbonyl (C=O) groups is 4. The lowest BCUT2D eigenvalue weighted by molar-refractivity contribution is -0.150. The van der Waals surface area contributed by atoms with E-state index in [-0.39, 0.29) is 0 Å². The minimum Gasteiger partial charge on any atom is -0.497 e. The van der Waals surface area contributed by atoms with Crippen molar-refractivity contribution in [1.29, 1.82) is 0 Å². The van der Waals surface area contributed by atoms with Gasteiger partial charge in [0.15, 0.2) is 6.61 Å². The van der Waals surface area contributed by atoms with E-state index in [0.717, 1.165) is 17.7 Å². The number of methoxy groups -OCH3 is 1. The van der Waals surface area contributed by atoms with Crippen LogP contribution >= 0.6 is 0 Å². The normalized spacial score (nSPS) is 15.1. The lowest BCUT2D eigenvalue weighted by Gasteiger charge is -2.25. The zero-order valence-electron chi connectivity index (χ0n) is 16.9. The van der Waals surface area contributed by atoms with Crippen LogP contribution in [0.2, 0.25) is 0 Å². The summed E-state index contributed by atoms with van der Waals surface area (Å²) in [4.78, 5) is 49.8. The van der Waals surface area contributed by atoms with Crippen molar-refractivity contribution in [2.45, 2.75) is 45.1 Å². The van der Waals surface area contributed by atoms with Gasteiger partial charge >= 0.3 is 12.0 Å². The molecule has 9 heteroatoms. The number of urea groups is 1. The van der Waals surface area contributed by atoms with E-state index in [1.165, 1.54) is 7.11 Å². The second kappa shape index (κ2) is 9.90. The number of benzene rings is 1. The molecule has 4 amide bonds. The Labute approximate surface area is 169 Å². The molecule has 0 bridgehead atoms. The number of rotatable bonds is 10. The van der Waals surface area contributed by atoms with E-state index in [2.05, 4.69) is 10.6 Å². The van der Waals surface area contributed by atoms with Crippen LogP contribution in [0.1, 0.15) is 39.5 Å². The van der Waals surface area contributed by atoms with E-state index in [4.69, 9.17) is 9.47 Å². The molecule has 0 spiro atoms. The molecule has 29 heavy (non-hydrogen) atoms. The van der Waals surface area contributed by atoms with Gasteiger partial charge in [0.1, 0.15) is 17.8 Å². The molecule has 1 saturated heterocycles. The predicted molar refractivity (Wildman–Crippen MR) is 105 cm³/mol. The Kier molecular flexibility index (Phi) is 7.58. The summed E-state index contributed by atoms with van der Waals surface area (Å²) in [5, 5.41) is 5.30. The van der Waals surface area contributed by atoms with Crippen LogP contribution in [0.15, 0.2) is 24.3 Å². The van der Waals surface area contributed by atoms with Crippen molar-refractivity contribution >= 4 is 29.5 Å². The largest absolute Gasteiger partial charge is 0.497 e. The Morgan fingerprint density at radius 2 is 1.72 bits per heavy atom. The number of esters is 1. The van der Waals surface area contributed by atoms with Crippen molar-refractivity contribution in [3.05, 3.63) is 24.3 Å². The molecule has 1 aromatic rings. The third-order valence-electron chi connectivity index (χ3n) is 4.62. The van der Waals surface area contributed by atoms with E-state index in [0.29, 0.717) is 24.3 Å². The number of ether oxygens (including phenoxy) is 2. The van der Waals surface area contributed by atoms with Crippen molar-refractivity contribution in [3.63, 3.8) is 0 Å². The predicted octanol–water partition coefficient (Wildman–Crippen LogP) is 2.07. The average molecular weight is 405 g/mol. The molecule has 1 heterocycles. The van der Waals surface area contributed by atoms with Gasteiger partial charge in [-0.1, -0.05) is 26.7 Å². The molecule has 9 nitrogen and oxygen atoms in total. The second-order valence-electron chi connectivity index (χ2n) is 6.84. The van der Waals surface area contributed by atoms with E-state index < -0.39 is 42.5 Å². The van der Waals surface area contributed by atoms with Gasteiger partial charge in [-0.05, 0) is 37.1 Å². The van der Waals surface area contributed by atoms with Crippen LogP contribution in [0.3, 0.4) is 0 Å². The van der Waals surface area contributed by atoms with E-state index >= 15 is 0 Å². The highest BCUT2D eigenvalue weighted by atomic mass is 16.5. The number of amides is 4. The summed E-state index contributed by atoms with van der Waals surface area (Å²) in [6.45, 7) is 2.80. The molecule has 0 aromatic heterocycles. The van der Waals surface area contributed by atoms with Gasteiger partial charge in [0.2, 0.25) is 0 Å². The van der Waals surface area contributed by atoms with Crippen LogP contribution in [-0.4, -0.2) is 54.5 Å². The topological polar surface area (TPSA) is 114 Å². The molecule has 0 radical (unpaired) electrons. The molecule has 0 aliphatic carbocycles. The van der Waals surface area contributed by atoms with Gasteiger partial charge in [0.25, 0.3) is 11.8 Å². The summed E-state index contributed by atoms with van der Waals surface area (Å²) >= 11 is 0. The summed E-state index contributed by atoms with van der Waals surface area (Å²) in [6.07, 6.45) is 2.44. The number of nitrogens with one attached hydrogen (secondary N) is 2. The molecule has 158 valence electrons. The Hall–Kier alpha value is -3.10. The highest BCUT2D eigenvalue weighted by molar-refractivity contribution is 6.08. The zero-order valence-corrected chi connectivity index (χ0v) is 16.9. The minimum atomic E-state index is -0.966. The van der Waals surface area contributed by atoms with Gasteiger partial charge in [0, 0.05) is 5.69 Å². The third kappa shape index (κ3) is 5.46. The minimum absolute atomic E-state index is 0.425. The number of anilines is 1. The van der Waals surface area contributed by atoms with Crippen LogP contribution in [0, 0.1) is 0 Å². The van der Waals surface area contributed by atoms with E-state index in [1.807, 2.05) is 13.8 Å². The van der Waals surface area contributed by atoms with E-state index in [9.17, 15) is 19.2 Å². The highest BCUT2D eigenvalue weighted by Gasteiger charge is 2.50. The summed E-state index contributed by atoms with van der Waals surface area (Å²) in [5.74, 6) is -1.15. The monoisotopic (exact) mass is 405 g/mol. The van der Waals surface area contributed by atoms with Gasteiger partial charge in [-0.15, -0.1) is 0 Å². The number of imide groups is 1. The number of hydrogen-bond acceptors (Lipinski definition) is 6. The Morgan fingerprint density at radius 3 is 2.28 bits per heavy atom.